The van der Waals surface area contributed by atoms with Gasteiger partial charge >= 0.3 is 0 Å². The minimum Gasteiger partial charge on any atom is -0.489 e. The Morgan fingerprint density at radius 2 is 1.67 bits per heavy atom. The molecule has 0 spiro atoms. The summed E-state index contributed by atoms with van der Waals surface area (Å²) in [6.07, 6.45) is 5.10. The largest absolute Gasteiger partial charge is 0.489 e. The van der Waals surface area contributed by atoms with Gasteiger partial charge in [-0.2, -0.15) is 0 Å². The Hall–Kier alpha value is -2.20. The Labute approximate surface area is 131 Å². The van der Waals surface area contributed by atoms with Gasteiger partial charge in [-0.3, -0.25) is 0 Å². The highest BCUT2D eigenvalue weighted by molar-refractivity contribution is 9.10. The van der Waals surface area contributed by atoms with Crippen LogP contribution in [0.3, 0.4) is 0 Å². The molecular weight excluding hydrogens is 328 g/mol. The van der Waals surface area contributed by atoms with Gasteiger partial charge < -0.3 is 4.74 Å². The monoisotopic (exact) mass is 340 g/mol. The van der Waals surface area contributed by atoms with Crippen molar-refractivity contribution >= 4 is 15.9 Å². The van der Waals surface area contributed by atoms with Crippen LogP contribution in [0, 0.1) is 0 Å². The molecule has 0 aliphatic heterocycles. The number of rotatable bonds is 4. The van der Waals surface area contributed by atoms with E-state index in [0.717, 1.165) is 26.9 Å². The molecule has 0 aliphatic rings. The third-order valence-corrected chi connectivity index (χ3v) is 3.47. The average molecular weight is 341 g/mol. The zero-order valence-corrected chi connectivity index (χ0v) is 12.8. The zero-order chi connectivity index (χ0) is 14.5. The summed E-state index contributed by atoms with van der Waals surface area (Å²) in [5.74, 6) is 0.812. The van der Waals surface area contributed by atoms with E-state index in [1.165, 1.54) is 6.33 Å². The van der Waals surface area contributed by atoms with Gasteiger partial charge in [-0.15, -0.1) is 0 Å². The van der Waals surface area contributed by atoms with E-state index < -0.39 is 0 Å². The van der Waals surface area contributed by atoms with Crippen molar-refractivity contribution in [2.45, 2.75) is 6.61 Å². The molecule has 3 nitrogen and oxygen atoms in total. The van der Waals surface area contributed by atoms with Crippen LogP contribution in [0.1, 0.15) is 5.56 Å². The Morgan fingerprint density at radius 1 is 0.905 bits per heavy atom. The van der Waals surface area contributed by atoms with Gasteiger partial charge in [0.1, 0.15) is 18.7 Å². The highest BCUT2D eigenvalue weighted by Crippen LogP contribution is 2.28. The summed E-state index contributed by atoms with van der Waals surface area (Å²) in [5.41, 5.74) is 3.12. The zero-order valence-electron chi connectivity index (χ0n) is 11.2. The lowest BCUT2D eigenvalue weighted by atomic mass is 10.1. The molecular formula is C17H13BrN2O. The smallest absolute Gasteiger partial charge is 0.121 e. The van der Waals surface area contributed by atoms with Crippen molar-refractivity contribution in [3.05, 3.63) is 77.3 Å². The number of halogens is 1. The Kier molecular flexibility index (Phi) is 4.26. The normalized spacial score (nSPS) is 10.3. The predicted octanol–water partition coefficient (Wildman–Crippen LogP) is 4.49. The second-order valence-electron chi connectivity index (χ2n) is 4.58. The summed E-state index contributed by atoms with van der Waals surface area (Å²) < 4.78 is 6.83. The van der Waals surface area contributed by atoms with E-state index in [1.54, 1.807) is 12.4 Å². The van der Waals surface area contributed by atoms with E-state index in [1.807, 2.05) is 48.5 Å². The Balaban J connectivity index is 1.82. The van der Waals surface area contributed by atoms with Gasteiger partial charge in [-0.05, 0) is 29.3 Å². The maximum Gasteiger partial charge on any atom is 0.121 e. The lowest BCUT2D eigenvalue weighted by Crippen LogP contribution is -1.95. The SMILES string of the molecule is Brc1cc(OCc2ccccc2)cc(-c2cncnc2)c1. The van der Waals surface area contributed by atoms with Crippen molar-refractivity contribution in [3.63, 3.8) is 0 Å². The minimum absolute atomic E-state index is 0.544. The molecule has 3 rings (SSSR count). The van der Waals surface area contributed by atoms with Gasteiger partial charge in [-0.25, -0.2) is 9.97 Å². The summed E-state index contributed by atoms with van der Waals surface area (Å²) in [7, 11) is 0. The number of nitrogens with zero attached hydrogens (tertiary/aromatic N) is 2. The van der Waals surface area contributed by atoms with E-state index in [4.69, 9.17) is 4.74 Å². The molecule has 3 aromatic rings. The molecule has 0 saturated carbocycles. The predicted molar refractivity (Wildman–Crippen MR) is 85.9 cm³/mol. The fourth-order valence-corrected chi connectivity index (χ4v) is 2.47. The van der Waals surface area contributed by atoms with Crippen molar-refractivity contribution < 1.29 is 4.74 Å². The van der Waals surface area contributed by atoms with Crippen molar-refractivity contribution in [2.75, 3.05) is 0 Å². The molecule has 0 aliphatic carbocycles. The molecule has 2 aromatic carbocycles. The maximum atomic E-state index is 5.86. The highest BCUT2D eigenvalue weighted by Gasteiger charge is 2.04. The quantitative estimate of drug-likeness (QED) is 0.702. The number of hydrogen-bond acceptors (Lipinski definition) is 3. The first-order valence-electron chi connectivity index (χ1n) is 6.54. The molecule has 0 bridgehead atoms. The number of ether oxygens (including phenoxy) is 1. The van der Waals surface area contributed by atoms with Gasteiger partial charge in [-0.1, -0.05) is 46.3 Å². The standard InChI is InChI=1S/C17H13BrN2O/c18-16-6-14(15-9-19-12-20-10-15)7-17(8-16)21-11-13-4-2-1-3-5-13/h1-10,12H,11H2. The van der Waals surface area contributed by atoms with Crippen LogP contribution in [0.5, 0.6) is 5.75 Å². The first-order chi connectivity index (χ1) is 10.3. The summed E-state index contributed by atoms with van der Waals surface area (Å²) in [6.45, 7) is 0.544. The maximum absolute atomic E-state index is 5.86. The molecule has 104 valence electrons. The average Bonchev–Trinajstić information content (AvgIpc) is 2.54. The van der Waals surface area contributed by atoms with E-state index >= 15 is 0 Å². The Morgan fingerprint density at radius 3 is 2.43 bits per heavy atom. The molecule has 1 aromatic heterocycles. The van der Waals surface area contributed by atoms with E-state index in [2.05, 4.69) is 25.9 Å². The summed E-state index contributed by atoms with van der Waals surface area (Å²) >= 11 is 3.52. The van der Waals surface area contributed by atoms with Crippen LogP contribution >= 0.6 is 15.9 Å². The molecule has 0 saturated heterocycles. The van der Waals surface area contributed by atoms with Gasteiger partial charge in [0.05, 0.1) is 0 Å². The van der Waals surface area contributed by atoms with Crippen molar-refractivity contribution in [3.8, 4) is 16.9 Å². The van der Waals surface area contributed by atoms with Crippen LogP contribution in [0.2, 0.25) is 0 Å². The van der Waals surface area contributed by atoms with Crippen molar-refractivity contribution in [1.29, 1.82) is 0 Å². The molecule has 21 heavy (non-hydrogen) atoms. The molecule has 1 heterocycles. The third kappa shape index (κ3) is 3.67. The van der Waals surface area contributed by atoms with Crippen LogP contribution in [0.25, 0.3) is 11.1 Å². The molecule has 0 fully saturated rings. The molecule has 0 radical (unpaired) electrons. The highest BCUT2D eigenvalue weighted by atomic mass is 79.9. The van der Waals surface area contributed by atoms with E-state index in [9.17, 15) is 0 Å². The lowest BCUT2D eigenvalue weighted by molar-refractivity contribution is 0.306. The summed E-state index contributed by atoms with van der Waals surface area (Å²) in [5, 5.41) is 0. The summed E-state index contributed by atoms with van der Waals surface area (Å²) in [6, 6.07) is 16.1. The fraction of sp³-hybridized carbons (Fsp3) is 0.0588. The second kappa shape index (κ2) is 6.50. The van der Waals surface area contributed by atoms with Crippen molar-refractivity contribution in [1.82, 2.24) is 9.97 Å². The van der Waals surface area contributed by atoms with Gasteiger partial charge in [0.25, 0.3) is 0 Å². The van der Waals surface area contributed by atoms with Crippen LogP contribution < -0.4 is 4.74 Å². The van der Waals surface area contributed by atoms with Gasteiger partial charge in [0.15, 0.2) is 0 Å². The van der Waals surface area contributed by atoms with Crippen LogP contribution in [-0.2, 0) is 6.61 Å². The topological polar surface area (TPSA) is 35.0 Å². The lowest BCUT2D eigenvalue weighted by Gasteiger charge is -2.09. The van der Waals surface area contributed by atoms with Crippen LogP contribution in [-0.4, -0.2) is 9.97 Å². The van der Waals surface area contributed by atoms with Crippen LogP contribution in [0.4, 0.5) is 0 Å². The minimum atomic E-state index is 0.544. The molecule has 0 amide bonds. The molecule has 0 unspecified atom stereocenters. The molecule has 4 heteroatoms. The van der Waals surface area contributed by atoms with Crippen LogP contribution in [0.15, 0.2) is 71.7 Å². The Bertz CT molecular complexity index is 717. The van der Waals surface area contributed by atoms with E-state index in [0.29, 0.717) is 6.61 Å². The van der Waals surface area contributed by atoms with Gasteiger partial charge in [0.2, 0.25) is 0 Å². The first-order valence-corrected chi connectivity index (χ1v) is 7.33. The third-order valence-electron chi connectivity index (χ3n) is 3.01. The van der Waals surface area contributed by atoms with Crippen molar-refractivity contribution in [2.24, 2.45) is 0 Å². The number of hydrogen-bond donors (Lipinski definition) is 0. The first kappa shape index (κ1) is 13.8. The molecule has 0 N–H and O–H groups in total. The number of benzene rings is 2. The summed E-state index contributed by atoms with van der Waals surface area (Å²) in [4.78, 5) is 8.09. The van der Waals surface area contributed by atoms with E-state index in [-0.39, 0.29) is 0 Å². The fourth-order valence-electron chi connectivity index (χ4n) is 2.00. The number of aromatic nitrogens is 2. The molecule has 0 atom stereocenters. The van der Waals surface area contributed by atoms with Gasteiger partial charge in [0, 0.05) is 22.4 Å². The second-order valence-corrected chi connectivity index (χ2v) is 5.49.